The van der Waals surface area contributed by atoms with Gasteiger partial charge in [0.1, 0.15) is 23.8 Å². The Bertz CT molecular complexity index is 1550. The summed E-state index contributed by atoms with van der Waals surface area (Å²) in [4.78, 5) is 11.3. The van der Waals surface area contributed by atoms with E-state index in [1.54, 1.807) is 30.3 Å². The van der Waals surface area contributed by atoms with Gasteiger partial charge in [-0.2, -0.15) is 0 Å². The molecule has 4 aromatic rings. The molecule has 0 atom stereocenters. The van der Waals surface area contributed by atoms with E-state index in [9.17, 15) is 15.0 Å². The van der Waals surface area contributed by atoms with Crippen LogP contribution in [0.25, 0.3) is 11.3 Å². The number of carbonyl (C=O) groups is 1. The molecular formula is C31H27Cl2NO5. The fourth-order valence-electron chi connectivity index (χ4n) is 5.51. The van der Waals surface area contributed by atoms with Crippen LogP contribution in [-0.2, 0) is 12.2 Å². The lowest BCUT2D eigenvalue weighted by molar-refractivity contribution is -0.0549. The minimum atomic E-state index is -1.08. The van der Waals surface area contributed by atoms with E-state index in [0.29, 0.717) is 45.8 Å². The Balaban J connectivity index is 1.19. The topological polar surface area (TPSA) is 92.8 Å². The van der Waals surface area contributed by atoms with Gasteiger partial charge >= 0.3 is 5.97 Å². The van der Waals surface area contributed by atoms with Crippen LogP contribution in [0.3, 0.4) is 0 Å². The van der Waals surface area contributed by atoms with Gasteiger partial charge in [0.2, 0.25) is 0 Å². The number of aliphatic hydroxyl groups is 1. The fourth-order valence-corrected chi connectivity index (χ4v) is 6.17. The van der Waals surface area contributed by atoms with Crippen LogP contribution in [0.15, 0.2) is 65.2 Å². The van der Waals surface area contributed by atoms with Gasteiger partial charge in [0.05, 0.1) is 26.8 Å². The van der Waals surface area contributed by atoms with Gasteiger partial charge in [0, 0.05) is 17.0 Å². The van der Waals surface area contributed by atoms with Gasteiger partial charge in [-0.1, -0.05) is 58.7 Å². The van der Waals surface area contributed by atoms with E-state index in [1.165, 1.54) is 0 Å². The Morgan fingerprint density at radius 1 is 1.05 bits per heavy atom. The first kappa shape index (κ1) is 25.9. The highest BCUT2D eigenvalue weighted by molar-refractivity contribution is 6.33. The van der Waals surface area contributed by atoms with Crippen molar-refractivity contribution in [3.8, 4) is 17.0 Å². The van der Waals surface area contributed by atoms with Crippen molar-refractivity contribution in [3.05, 3.63) is 104 Å². The molecule has 2 aliphatic rings. The van der Waals surface area contributed by atoms with E-state index in [2.05, 4.69) is 5.16 Å². The molecule has 0 bridgehead atoms. The van der Waals surface area contributed by atoms with Gasteiger partial charge < -0.3 is 19.5 Å². The zero-order valence-corrected chi connectivity index (χ0v) is 22.8. The molecule has 0 aliphatic heterocycles. The predicted octanol–water partition coefficient (Wildman–Crippen LogP) is 7.88. The number of aryl methyl sites for hydroxylation is 1. The van der Waals surface area contributed by atoms with Gasteiger partial charge in [-0.25, -0.2) is 4.79 Å². The van der Waals surface area contributed by atoms with Gasteiger partial charge in [0.15, 0.2) is 0 Å². The van der Waals surface area contributed by atoms with Crippen molar-refractivity contribution in [1.82, 2.24) is 5.16 Å². The molecule has 8 heteroatoms. The van der Waals surface area contributed by atoms with E-state index < -0.39 is 11.6 Å². The van der Waals surface area contributed by atoms with Crippen LogP contribution in [0.5, 0.6) is 5.75 Å². The van der Waals surface area contributed by atoms with E-state index in [0.717, 1.165) is 40.9 Å². The smallest absolute Gasteiger partial charge is 0.335 e. The van der Waals surface area contributed by atoms with Crippen molar-refractivity contribution in [2.75, 3.05) is 0 Å². The fraction of sp³-hybridized carbons (Fsp3) is 0.290. The van der Waals surface area contributed by atoms with E-state index in [4.69, 9.17) is 32.5 Å². The van der Waals surface area contributed by atoms with Crippen molar-refractivity contribution < 1.29 is 24.3 Å². The standard InChI is InChI=1S/C31H27Cl2NO5/c1-17-4-2-7-25(32)27(17)28-23(29(39-34-28)18-8-9-18)16-38-22-10-11-24(26(33)13-22)31(37)14-21(15-31)19-5-3-6-20(12-19)30(35)36/h2-7,10-13,18,21,37H,8-9,14-16H2,1H3,(H,35,36)/t21-,31-. The number of ether oxygens (including phenoxy) is 1. The van der Waals surface area contributed by atoms with Crippen LogP contribution in [0.4, 0.5) is 0 Å². The predicted molar refractivity (Wildman–Crippen MR) is 149 cm³/mol. The van der Waals surface area contributed by atoms with Crippen molar-refractivity contribution in [1.29, 1.82) is 0 Å². The first-order valence-corrected chi connectivity index (χ1v) is 13.7. The maximum absolute atomic E-state index is 11.3. The summed E-state index contributed by atoms with van der Waals surface area (Å²) in [6.45, 7) is 2.24. The molecule has 0 unspecified atom stereocenters. The summed E-state index contributed by atoms with van der Waals surface area (Å²) < 4.78 is 11.9. The van der Waals surface area contributed by atoms with Crippen LogP contribution >= 0.6 is 23.2 Å². The minimum Gasteiger partial charge on any atom is -0.489 e. The second kappa shape index (κ2) is 10.0. The largest absolute Gasteiger partial charge is 0.489 e. The highest BCUT2D eigenvalue weighted by Crippen LogP contribution is 2.53. The monoisotopic (exact) mass is 563 g/mol. The molecule has 3 aromatic carbocycles. The number of carboxylic acid groups (broad SMARTS) is 1. The molecule has 0 radical (unpaired) electrons. The van der Waals surface area contributed by atoms with Gasteiger partial charge in [0.25, 0.3) is 0 Å². The minimum absolute atomic E-state index is 0.0578. The van der Waals surface area contributed by atoms with Crippen LogP contribution in [0.2, 0.25) is 10.0 Å². The maximum Gasteiger partial charge on any atom is 0.335 e. The lowest BCUT2D eigenvalue weighted by Crippen LogP contribution is -2.40. The maximum atomic E-state index is 11.3. The van der Waals surface area contributed by atoms with Crippen molar-refractivity contribution in [2.45, 2.75) is 56.7 Å². The lowest BCUT2D eigenvalue weighted by atomic mass is 9.65. The van der Waals surface area contributed by atoms with Crippen molar-refractivity contribution >= 4 is 29.2 Å². The molecule has 0 amide bonds. The summed E-state index contributed by atoms with van der Waals surface area (Å²) in [5.41, 5.74) is 4.14. The second-order valence-electron chi connectivity index (χ2n) is 10.6. The van der Waals surface area contributed by atoms with Crippen molar-refractivity contribution in [3.63, 3.8) is 0 Å². The summed E-state index contributed by atoms with van der Waals surface area (Å²) in [6, 6.07) is 17.9. The highest BCUT2D eigenvalue weighted by atomic mass is 35.5. The molecule has 0 spiro atoms. The number of nitrogens with zero attached hydrogens (tertiary/aromatic N) is 1. The second-order valence-corrected chi connectivity index (χ2v) is 11.4. The van der Waals surface area contributed by atoms with E-state index >= 15 is 0 Å². The number of benzene rings is 3. The van der Waals surface area contributed by atoms with Crippen molar-refractivity contribution in [2.24, 2.45) is 0 Å². The number of rotatable bonds is 8. The molecule has 6 rings (SSSR count). The Kier molecular flexibility index (Phi) is 6.66. The first-order chi connectivity index (χ1) is 18.7. The molecular weight excluding hydrogens is 537 g/mol. The van der Waals surface area contributed by atoms with E-state index in [1.807, 2.05) is 37.3 Å². The highest BCUT2D eigenvalue weighted by Gasteiger charge is 2.45. The number of halogens is 2. The molecule has 2 fully saturated rings. The molecule has 0 saturated heterocycles. The van der Waals surface area contributed by atoms with Crippen LogP contribution in [0.1, 0.15) is 75.9 Å². The Hall–Kier alpha value is -3.32. The third kappa shape index (κ3) is 4.93. The first-order valence-electron chi connectivity index (χ1n) is 13.0. The average molecular weight is 564 g/mol. The van der Waals surface area contributed by atoms with Gasteiger partial charge in [-0.05, 0) is 80.0 Å². The molecule has 2 aliphatic carbocycles. The Morgan fingerprint density at radius 2 is 1.82 bits per heavy atom. The number of hydrogen-bond donors (Lipinski definition) is 2. The zero-order valence-electron chi connectivity index (χ0n) is 21.3. The average Bonchev–Trinajstić information content (AvgIpc) is 3.66. The normalized spacial score (nSPS) is 20.5. The number of aromatic carboxylic acids is 1. The Labute approximate surface area is 236 Å². The molecule has 39 heavy (non-hydrogen) atoms. The molecule has 2 N–H and O–H groups in total. The van der Waals surface area contributed by atoms with Gasteiger partial charge in [-0.15, -0.1) is 0 Å². The third-order valence-corrected chi connectivity index (χ3v) is 8.45. The number of aromatic nitrogens is 1. The van der Waals surface area contributed by atoms with Crippen LogP contribution in [-0.4, -0.2) is 21.3 Å². The summed E-state index contributed by atoms with van der Waals surface area (Å²) in [5.74, 6) is 0.851. The lowest BCUT2D eigenvalue weighted by Gasteiger charge is -2.44. The number of hydrogen-bond acceptors (Lipinski definition) is 5. The van der Waals surface area contributed by atoms with Crippen LogP contribution in [0, 0.1) is 6.92 Å². The number of carboxylic acids is 1. The third-order valence-electron chi connectivity index (χ3n) is 7.82. The molecule has 1 heterocycles. The van der Waals surface area contributed by atoms with Gasteiger partial charge in [-0.3, -0.25) is 0 Å². The molecule has 2 saturated carbocycles. The van der Waals surface area contributed by atoms with E-state index in [-0.39, 0.29) is 18.1 Å². The Morgan fingerprint density at radius 3 is 2.51 bits per heavy atom. The summed E-state index contributed by atoms with van der Waals surface area (Å²) in [6.07, 6.45) is 3.04. The molecule has 1 aromatic heterocycles. The molecule has 200 valence electrons. The summed E-state index contributed by atoms with van der Waals surface area (Å²) in [5, 5.41) is 26.0. The quantitative estimate of drug-likeness (QED) is 0.226. The summed E-state index contributed by atoms with van der Waals surface area (Å²) in [7, 11) is 0. The zero-order chi connectivity index (χ0) is 27.3. The summed E-state index contributed by atoms with van der Waals surface area (Å²) >= 11 is 13.2. The molecule has 6 nitrogen and oxygen atoms in total. The van der Waals surface area contributed by atoms with Crippen LogP contribution < -0.4 is 4.74 Å². The SMILES string of the molecule is Cc1cccc(Cl)c1-c1noc(C2CC2)c1COc1ccc([C@]2(O)C[C@H](c3cccc(C(=O)O)c3)C2)c(Cl)c1.